The van der Waals surface area contributed by atoms with Gasteiger partial charge in [0.1, 0.15) is 6.07 Å². The quantitative estimate of drug-likeness (QED) is 0.812. The van der Waals surface area contributed by atoms with E-state index >= 15 is 0 Å². The topological polar surface area (TPSA) is 49.8 Å². The molecular weight excluding hydrogens is 229 g/mol. The van der Waals surface area contributed by atoms with Crippen LogP contribution in [0.2, 0.25) is 5.02 Å². The zero-order valence-electron chi connectivity index (χ0n) is 7.40. The number of nitrogens with two attached hydrogens (primary N) is 1. The molecule has 0 spiro atoms. The molecule has 2 N–H and O–H groups in total. The second-order valence-corrected chi connectivity index (χ2v) is 3.18. The molecule has 0 radical (unpaired) electrons. The lowest BCUT2D eigenvalue weighted by molar-refractivity contribution is -0.137. The van der Waals surface area contributed by atoms with Crippen molar-refractivity contribution in [3.63, 3.8) is 0 Å². The fourth-order valence-corrected chi connectivity index (χ4v) is 1.46. The van der Waals surface area contributed by atoms with Gasteiger partial charge >= 0.3 is 6.18 Å². The number of benzene rings is 1. The molecule has 0 aliphatic carbocycles. The van der Waals surface area contributed by atoms with Gasteiger partial charge in [-0.1, -0.05) is 17.7 Å². The molecule has 1 aromatic carbocycles. The van der Waals surface area contributed by atoms with Crippen molar-refractivity contribution < 1.29 is 13.2 Å². The predicted molar refractivity (Wildman–Crippen MR) is 49.1 cm³/mol. The summed E-state index contributed by atoms with van der Waals surface area (Å²) in [5.41, 5.74) is 3.74. The highest BCUT2D eigenvalue weighted by Crippen LogP contribution is 2.38. The summed E-state index contributed by atoms with van der Waals surface area (Å²) in [6, 6.07) is 3.88. The van der Waals surface area contributed by atoms with Gasteiger partial charge in [0.05, 0.1) is 16.1 Å². The Morgan fingerprint density at radius 1 is 1.40 bits per heavy atom. The SMILES string of the molecule is N#Cc1c(CN)ccc(Cl)c1C(F)(F)F. The number of alkyl halides is 3. The molecule has 1 aromatic rings. The number of nitriles is 1. The Balaban J connectivity index is 3.55. The van der Waals surface area contributed by atoms with Gasteiger partial charge in [-0.25, -0.2) is 0 Å². The molecular formula is C9H6ClF3N2. The first kappa shape index (κ1) is 11.8. The van der Waals surface area contributed by atoms with E-state index in [1.807, 2.05) is 0 Å². The number of halogens is 4. The van der Waals surface area contributed by atoms with Crippen molar-refractivity contribution in [2.24, 2.45) is 5.73 Å². The van der Waals surface area contributed by atoms with Crippen LogP contribution in [0.1, 0.15) is 16.7 Å². The van der Waals surface area contributed by atoms with Crippen molar-refractivity contribution in [3.8, 4) is 6.07 Å². The molecule has 0 saturated carbocycles. The van der Waals surface area contributed by atoms with Crippen LogP contribution in [0.25, 0.3) is 0 Å². The average Bonchev–Trinajstić information content (AvgIpc) is 2.15. The Labute approximate surface area is 89.1 Å². The highest BCUT2D eigenvalue weighted by atomic mass is 35.5. The second-order valence-electron chi connectivity index (χ2n) is 2.77. The Hall–Kier alpha value is -1.25. The average molecular weight is 235 g/mol. The third kappa shape index (κ3) is 2.22. The Morgan fingerprint density at radius 3 is 2.40 bits per heavy atom. The van der Waals surface area contributed by atoms with Crippen molar-refractivity contribution in [1.82, 2.24) is 0 Å². The summed E-state index contributed by atoms with van der Waals surface area (Å²) in [5.74, 6) is 0. The Bertz CT molecular complexity index is 421. The van der Waals surface area contributed by atoms with Crippen LogP contribution < -0.4 is 5.73 Å². The van der Waals surface area contributed by atoms with Crippen LogP contribution in [-0.4, -0.2) is 0 Å². The lowest BCUT2D eigenvalue weighted by atomic mass is 10.0. The van der Waals surface area contributed by atoms with E-state index in [4.69, 9.17) is 22.6 Å². The fraction of sp³-hybridized carbons (Fsp3) is 0.222. The minimum absolute atomic E-state index is 0.134. The number of hydrogen-bond donors (Lipinski definition) is 1. The molecule has 0 saturated heterocycles. The summed E-state index contributed by atoms with van der Waals surface area (Å²) in [4.78, 5) is 0. The molecule has 1 rings (SSSR count). The van der Waals surface area contributed by atoms with Crippen LogP contribution in [-0.2, 0) is 12.7 Å². The monoisotopic (exact) mass is 234 g/mol. The minimum Gasteiger partial charge on any atom is -0.326 e. The maximum absolute atomic E-state index is 12.5. The van der Waals surface area contributed by atoms with Gasteiger partial charge in [-0.05, 0) is 11.6 Å². The van der Waals surface area contributed by atoms with Crippen LogP contribution >= 0.6 is 11.6 Å². The minimum atomic E-state index is -4.65. The lowest BCUT2D eigenvalue weighted by Gasteiger charge is -2.12. The van der Waals surface area contributed by atoms with Gasteiger partial charge < -0.3 is 5.73 Å². The molecule has 0 heterocycles. The fourth-order valence-electron chi connectivity index (χ4n) is 1.20. The smallest absolute Gasteiger partial charge is 0.326 e. The molecule has 15 heavy (non-hydrogen) atoms. The number of rotatable bonds is 1. The molecule has 0 aromatic heterocycles. The summed E-state index contributed by atoms with van der Waals surface area (Å²) >= 11 is 5.41. The second kappa shape index (κ2) is 4.09. The largest absolute Gasteiger partial charge is 0.419 e. The molecule has 0 unspecified atom stereocenters. The number of hydrogen-bond acceptors (Lipinski definition) is 2. The van der Waals surface area contributed by atoms with Crippen LogP contribution in [0, 0.1) is 11.3 Å². The highest BCUT2D eigenvalue weighted by Gasteiger charge is 2.37. The van der Waals surface area contributed by atoms with E-state index in [1.165, 1.54) is 12.1 Å². The highest BCUT2D eigenvalue weighted by molar-refractivity contribution is 6.31. The molecule has 0 fully saturated rings. The van der Waals surface area contributed by atoms with E-state index in [-0.39, 0.29) is 12.1 Å². The van der Waals surface area contributed by atoms with Gasteiger partial charge in [-0.3, -0.25) is 0 Å². The maximum Gasteiger partial charge on any atom is 0.419 e. The summed E-state index contributed by atoms with van der Waals surface area (Å²) in [6.07, 6.45) is -4.65. The lowest BCUT2D eigenvalue weighted by Crippen LogP contribution is -2.12. The molecule has 2 nitrogen and oxygen atoms in total. The first-order valence-electron chi connectivity index (χ1n) is 3.90. The van der Waals surface area contributed by atoms with Gasteiger partial charge in [0.25, 0.3) is 0 Å². The van der Waals surface area contributed by atoms with E-state index in [2.05, 4.69) is 0 Å². The van der Waals surface area contributed by atoms with E-state index in [9.17, 15) is 13.2 Å². The van der Waals surface area contributed by atoms with Crippen LogP contribution in [0.5, 0.6) is 0 Å². The normalized spacial score (nSPS) is 11.2. The zero-order valence-corrected chi connectivity index (χ0v) is 8.15. The van der Waals surface area contributed by atoms with E-state index in [0.29, 0.717) is 0 Å². The molecule has 0 aliphatic heterocycles. The predicted octanol–water partition coefficient (Wildman–Crippen LogP) is 2.69. The Kier molecular flexibility index (Phi) is 3.22. The van der Waals surface area contributed by atoms with Crippen molar-refractivity contribution >= 4 is 11.6 Å². The summed E-state index contributed by atoms with van der Waals surface area (Å²) in [5, 5.41) is 8.16. The van der Waals surface area contributed by atoms with E-state index in [0.717, 1.165) is 6.07 Å². The standard InChI is InChI=1S/C9H6ClF3N2/c10-7-2-1-5(3-14)6(4-15)8(7)9(11,12)13/h1-2H,3,14H2. The van der Waals surface area contributed by atoms with Gasteiger partial charge in [0, 0.05) is 6.54 Å². The first-order valence-corrected chi connectivity index (χ1v) is 4.28. The molecule has 6 heteroatoms. The van der Waals surface area contributed by atoms with Gasteiger partial charge in [-0.2, -0.15) is 18.4 Å². The van der Waals surface area contributed by atoms with Crippen molar-refractivity contribution in [2.45, 2.75) is 12.7 Å². The summed E-state index contributed by atoms with van der Waals surface area (Å²) < 4.78 is 37.6. The summed E-state index contributed by atoms with van der Waals surface area (Å²) in [6.45, 7) is -0.136. The van der Waals surface area contributed by atoms with Crippen molar-refractivity contribution in [3.05, 3.63) is 33.8 Å². The molecule has 0 atom stereocenters. The van der Waals surface area contributed by atoms with Crippen molar-refractivity contribution in [2.75, 3.05) is 0 Å². The third-order valence-electron chi connectivity index (χ3n) is 1.86. The van der Waals surface area contributed by atoms with Crippen molar-refractivity contribution in [1.29, 1.82) is 5.26 Å². The van der Waals surface area contributed by atoms with E-state index in [1.54, 1.807) is 0 Å². The number of nitrogens with zero attached hydrogens (tertiary/aromatic N) is 1. The van der Waals surface area contributed by atoms with Gasteiger partial charge in [0.2, 0.25) is 0 Å². The molecule has 0 amide bonds. The van der Waals surface area contributed by atoms with Gasteiger partial charge in [-0.15, -0.1) is 0 Å². The molecule has 0 bridgehead atoms. The van der Waals surface area contributed by atoms with Gasteiger partial charge in [0.15, 0.2) is 0 Å². The first-order chi connectivity index (χ1) is 6.91. The molecule has 0 aliphatic rings. The summed E-state index contributed by atoms with van der Waals surface area (Å²) in [7, 11) is 0. The third-order valence-corrected chi connectivity index (χ3v) is 2.17. The molecule has 80 valence electrons. The Morgan fingerprint density at radius 2 is 2.00 bits per heavy atom. The van der Waals surface area contributed by atoms with Crippen LogP contribution in [0.3, 0.4) is 0 Å². The zero-order chi connectivity index (χ0) is 11.6. The maximum atomic E-state index is 12.5. The van der Waals surface area contributed by atoms with Crippen LogP contribution in [0.15, 0.2) is 12.1 Å². The van der Waals surface area contributed by atoms with Crippen LogP contribution in [0.4, 0.5) is 13.2 Å². The van der Waals surface area contributed by atoms with E-state index < -0.39 is 22.3 Å².